The first-order chi connectivity index (χ1) is 7.33. The monoisotopic (exact) mass is 217 g/mol. The molecule has 0 aromatic carbocycles. The van der Waals surface area contributed by atoms with E-state index < -0.39 is 0 Å². The Balaban J connectivity index is 0. The van der Waals surface area contributed by atoms with Crippen molar-refractivity contribution in [3.05, 3.63) is 0 Å². The molecule has 0 rings (SSSR count). The van der Waals surface area contributed by atoms with Gasteiger partial charge in [0.05, 0.1) is 0 Å². The fourth-order valence-electron chi connectivity index (χ4n) is 1.12. The van der Waals surface area contributed by atoms with E-state index in [2.05, 4.69) is 19.2 Å². The van der Waals surface area contributed by atoms with Crippen LogP contribution in [0.1, 0.15) is 52.4 Å². The van der Waals surface area contributed by atoms with Crippen LogP contribution in [0.2, 0.25) is 0 Å². The van der Waals surface area contributed by atoms with Crippen molar-refractivity contribution in [3.63, 3.8) is 0 Å². The lowest BCUT2D eigenvalue weighted by Gasteiger charge is -1.95. The van der Waals surface area contributed by atoms with Gasteiger partial charge >= 0.3 is 0 Å². The van der Waals surface area contributed by atoms with E-state index in [4.69, 9.17) is 11.5 Å². The summed E-state index contributed by atoms with van der Waals surface area (Å²) in [5.41, 5.74) is 10.6. The zero-order chi connectivity index (χ0) is 11.8. The first-order valence-electron chi connectivity index (χ1n) is 6.44. The van der Waals surface area contributed by atoms with Crippen molar-refractivity contribution in [1.29, 1.82) is 0 Å². The van der Waals surface area contributed by atoms with Crippen LogP contribution < -0.4 is 16.8 Å². The Morgan fingerprint density at radius 1 is 0.733 bits per heavy atom. The molecule has 0 bridgehead atoms. The lowest BCUT2D eigenvalue weighted by Crippen LogP contribution is -2.14. The number of unbranched alkanes of at least 4 members (excludes halogenated alkanes) is 3. The highest BCUT2D eigenvalue weighted by molar-refractivity contribution is 4.43. The Morgan fingerprint density at radius 2 is 1.13 bits per heavy atom. The molecule has 0 aromatic heterocycles. The van der Waals surface area contributed by atoms with Crippen LogP contribution in [0.15, 0.2) is 0 Å². The molecule has 94 valence electrons. The minimum atomic E-state index is 0.824. The summed E-state index contributed by atoms with van der Waals surface area (Å²) < 4.78 is 0. The standard InChI is InChI=1S/C6H16N2.C6H15N/c7-5-3-1-2-4-6-8;1-3-5-7-6-4-2/h1-8H2;7H,3-6H2,1-2H3. The predicted octanol–water partition coefficient (Wildman–Crippen LogP) is 1.86. The van der Waals surface area contributed by atoms with Gasteiger partial charge in [-0.25, -0.2) is 0 Å². The van der Waals surface area contributed by atoms with Crippen LogP contribution in [0.25, 0.3) is 0 Å². The highest BCUT2D eigenvalue weighted by Crippen LogP contribution is 1.95. The molecule has 0 aliphatic carbocycles. The van der Waals surface area contributed by atoms with Crippen molar-refractivity contribution >= 4 is 0 Å². The predicted molar refractivity (Wildman–Crippen MR) is 70.0 cm³/mol. The Bertz CT molecular complexity index is 76.9. The molecule has 0 fully saturated rings. The van der Waals surface area contributed by atoms with Gasteiger partial charge in [0.2, 0.25) is 0 Å². The minimum absolute atomic E-state index is 0.824. The van der Waals surface area contributed by atoms with Crippen molar-refractivity contribution in [2.45, 2.75) is 52.4 Å². The maximum atomic E-state index is 5.28. The molecular weight excluding hydrogens is 186 g/mol. The Labute approximate surface area is 96.0 Å². The smallest absolute Gasteiger partial charge is 0.00516 e. The van der Waals surface area contributed by atoms with Gasteiger partial charge in [0.1, 0.15) is 0 Å². The van der Waals surface area contributed by atoms with Gasteiger partial charge in [0.15, 0.2) is 0 Å². The molecule has 3 nitrogen and oxygen atoms in total. The van der Waals surface area contributed by atoms with Crippen molar-refractivity contribution < 1.29 is 0 Å². The van der Waals surface area contributed by atoms with Gasteiger partial charge in [-0.15, -0.1) is 0 Å². The molecule has 0 aliphatic rings. The number of nitrogens with one attached hydrogen (secondary N) is 1. The maximum absolute atomic E-state index is 5.28. The van der Waals surface area contributed by atoms with Gasteiger partial charge in [-0.2, -0.15) is 0 Å². The molecule has 0 atom stereocenters. The first kappa shape index (κ1) is 17.3. The van der Waals surface area contributed by atoms with Crippen LogP contribution in [0.5, 0.6) is 0 Å². The summed E-state index contributed by atoms with van der Waals surface area (Å²) in [6.45, 7) is 8.36. The molecule has 5 N–H and O–H groups in total. The molecular formula is C12H31N3. The molecule has 0 amide bonds. The van der Waals surface area contributed by atoms with Crippen molar-refractivity contribution in [2.75, 3.05) is 26.2 Å². The third kappa shape index (κ3) is 24.8. The van der Waals surface area contributed by atoms with Gasteiger partial charge < -0.3 is 16.8 Å². The van der Waals surface area contributed by atoms with E-state index in [1.807, 2.05) is 0 Å². The van der Waals surface area contributed by atoms with Crippen LogP contribution in [0, 0.1) is 0 Å². The molecule has 0 radical (unpaired) electrons. The normalized spacial score (nSPS) is 9.60. The molecule has 0 saturated heterocycles. The third-order valence-electron chi connectivity index (χ3n) is 2.01. The number of hydrogen-bond acceptors (Lipinski definition) is 3. The van der Waals surface area contributed by atoms with Gasteiger partial charge in [-0.05, 0) is 51.9 Å². The van der Waals surface area contributed by atoms with Crippen molar-refractivity contribution in [2.24, 2.45) is 11.5 Å². The molecule has 0 aromatic rings. The lowest BCUT2D eigenvalue weighted by molar-refractivity contribution is 0.653. The summed E-state index contributed by atoms with van der Waals surface area (Å²) in [5, 5.41) is 3.28. The third-order valence-corrected chi connectivity index (χ3v) is 2.01. The first-order valence-corrected chi connectivity index (χ1v) is 6.44. The summed E-state index contributed by atoms with van der Waals surface area (Å²) in [4.78, 5) is 0. The number of hydrogen-bond donors (Lipinski definition) is 3. The quantitative estimate of drug-likeness (QED) is 0.517. The second-order valence-electron chi connectivity index (χ2n) is 3.74. The molecule has 0 spiro atoms. The number of rotatable bonds is 9. The summed E-state index contributed by atoms with van der Waals surface area (Å²) in [6.07, 6.45) is 7.29. The molecule has 3 heteroatoms. The van der Waals surface area contributed by atoms with E-state index in [9.17, 15) is 0 Å². The van der Waals surface area contributed by atoms with Crippen LogP contribution in [-0.2, 0) is 0 Å². The largest absolute Gasteiger partial charge is 0.330 e. The van der Waals surface area contributed by atoms with Crippen LogP contribution in [0.4, 0.5) is 0 Å². The highest BCUT2D eigenvalue weighted by atomic mass is 14.8. The van der Waals surface area contributed by atoms with Crippen LogP contribution >= 0.6 is 0 Å². The molecule has 0 heterocycles. The van der Waals surface area contributed by atoms with E-state index in [0.29, 0.717) is 0 Å². The van der Waals surface area contributed by atoms with E-state index in [-0.39, 0.29) is 0 Å². The SMILES string of the molecule is CCCNCCC.NCCCCCCN. The fraction of sp³-hybridized carbons (Fsp3) is 1.00. The van der Waals surface area contributed by atoms with E-state index in [1.54, 1.807) is 0 Å². The topological polar surface area (TPSA) is 64.1 Å². The van der Waals surface area contributed by atoms with Gasteiger partial charge in [0, 0.05) is 0 Å². The Kier molecular flexibility index (Phi) is 22.4. The average Bonchev–Trinajstić information content (AvgIpc) is 2.26. The van der Waals surface area contributed by atoms with Crippen LogP contribution in [0.3, 0.4) is 0 Å². The zero-order valence-electron chi connectivity index (χ0n) is 10.7. The minimum Gasteiger partial charge on any atom is -0.330 e. The molecule has 0 unspecified atom stereocenters. The summed E-state index contributed by atoms with van der Waals surface area (Å²) >= 11 is 0. The second kappa shape index (κ2) is 19.5. The Hall–Kier alpha value is -0.120. The van der Waals surface area contributed by atoms with Crippen LogP contribution in [-0.4, -0.2) is 26.2 Å². The average molecular weight is 217 g/mol. The number of nitrogens with two attached hydrogens (primary N) is 2. The molecule has 15 heavy (non-hydrogen) atoms. The van der Waals surface area contributed by atoms with E-state index >= 15 is 0 Å². The van der Waals surface area contributed by atoms with Gasteiger partial charge in [-0.3, -0.25) is 0 Å². The zero-order valence-corrected chi connectivity index (χ0v) is 10.7. The fourth-order valence-corrected chi connectivity index (χ4v) is 1.12. The Morgan fingerprint density at radius 3 is 1.40 bits per heavy atom. The lowest BCUT2D eigenvalue weighted by atomic mass is 10.2. The van der Waals surface area contributed by atoms with Gasteiger partial charge in [0.25, 0.3) is 0 Å². The van der Waals surface area contributed by atoms with E-state index in [1.165, 1.54) is 38.8 Å². The van der Waals surface area contributed by atoms with Crippen molar-refractivity contribution in [1.82, 2.24) is 5.32 Å². The highest BCUT2D eigenvalue weighted by Gasteiger charge is 1.83. The second-order valence-corrected chi connectivity index (χ2v) is 3.74. The molecule has 0 saturated carbocycles. The summed E-state index contributed by atoms with van der Waals surface area (Å²) in [6, 6.07) is 0. The van der Waals surface area contributed by atoms with Crippen molar-refractivity contribution in [3.8, 4) is 0 Å². The molecule has 0 aliphatic heterocycles. The summed E-state index contributed by atoms with van der Waals surface area (Å²) in [5.74, 6) is 0. The summed E-state index contributed by atoms with van der Waals surface area (Å²) in [7, 11) is 0. The van der Waals surface area contributed by atoms with E-state index in [0.717, 1.165) is 25.9 Å². The van der Waals surface area contributed by atoms with Gasteiger partial charge in [-0.1, -0.05) is 26.7 Å². The maximum Gasteiger partial charge on any atom is -0.00516 e.